The van der Waals surface area contributed by atoms with Crippen LogP contribution in [-0.4, -0.2) is 35.5 Å². The number of hydrogen-bond acceptors (Lipinski definition) is 2. The molecule has 5 heteroatoms. The first-order valence-electron chi connectivity index (χ1n) is 5.57. The molecule has 0 aliphatic rings. The Labute approximate surface area is 105 Å². The van der Waals surface area contributed by atoms with Gasteiger partial charge in [0.2, 0.25) is 0 Å². The number of carboxylic acid groups (broad SMARTS) is 1. The van der Waals surface area contributed by atoms with E-state index in [-0.39, 0.29) is 18.0 Å². The van der Waals surface area contributed by atoms with Crippen LogP contribution in [0, 0.1) is 18.7 Å². The molecule has 0 aliphatic carbocycles. The van der Waals surface area contributed by atoms with Gasteiger partial charge in [0.05, 0.1) is 5.92 Å². The molecule has 4 nitrogen and oxygen atoms in total. The topological polar surface area (TPSA) is 57.6 Å². The Morgan fingerprint density at radius 3 is 2.56 bits per heavy atom. The van der Waals surface area contributed by atoms with Crippen molar-refractivity contribution in [2.45, 2.75) is 13.8 Å². The number of hydrogen-bond donors (Lipinski definition) is 1. The minimum absolute atomic E-state index is 0.0870. The van der Waals surface area contributed by atoms with Gasteiger partial charge >= 0.3 is 5.97 Å². The van der Waals surface area contributed by atoms with Gasteiger partial charge in [-0.1, -0.05) is 13.0 Å². The van der Waals surface area contributed by atoms with Gasteiger partial charge in [-0.2, -0.15) is 0 Å². The SMILES string of the molecule is Cc1ccc(C(=O)N(C)CC(C)C(=O)O)cc1F. The lowest BCUT2D eigenvalue weighted by Gasteiger charge is -2.19. The summed E-state index contributed by atoms with van der Waals surface area (Å²) in [5.74, 6) is -2.46. The van der Waals surface area contributed by atoms with E-state index >= 15 is 0 Å². The number of rotatable bonds is 4. The van der Waals surface area contributed by atoms with Gasteiger partial charge in [-0.25, -0.2) is 4.39 Å². The molecule has 18 heavy (non-hydrogen) atoms. The zero-order chi connectivity index (χ0) is 13.9. The third-order valence-electron chi connectivity index (χ3n) is 2.73. The summed E-state index contributed by atoms with van der Waals surface area (Å²) < 4.78 is 13.3. The molecule has 0 spiro atoms. The Morgan fingerprint density at radius 2 is 2.06 bits per heavy atom. The van der Waals surface area contributed by atoms with Gasteiger partial charge in [0.1, 0.15) is 5.82 Å². The van der Waals surface area contributed by atoms with Crippen LogP contribution in [0.4, 0.5) is 4.39 Å². The Morgan fingerprint density at radius 1 is 1.44 bits per heavy atom. The highest BCUT2D eigenvalue weighted by molar-refractivity contribution is 5.94. The Kier molecular flexibility index (Phi) is 4.42. The van der Waals surface area contributed by atoms with Crippen LogP contribution < -0.4 is 0 Å². The average Bonchev–Trinajstić information content (AvgIpc) is 2.31. The van der Waals surface area contributed by atoms with Crippen LogP contribution in [0.3, 0.4) is 0 Å². The fourth-order valence-corrected chi connectivity index (χ4v) is 1.52. The molecule has 0 aliphatic heterocycles. The molecule has 1 amide bonds. The van der Waals surface area contributed by atoms with E-state index in [4.69, 9.17) is 5.11 Å². The smallest absolute Gasteiger partial charge is 0.308 e. The number of aliphatic carboxylic acids is 1. The van der Waals surface area contributed by atoms with Crippen LogP contribution >= 0.6 is 0 Å². The van der Waals surface area contributed by atoms with Crippen molar-refractivity contribution in [3.05, 3.63) is 35.1 Å². The summed E-state index contributed by atoms with van der Waals surface area (Å²) in [4.78, 5) is 23.9. The summed E-state index contributed by atoms with van der Waals surface area (Å²) in [5, 5.41) is 8.77. The summed E-state index contributed by atoms with van der Waals surface area (Å²) >= 11 is 0. The molecule has 1 unspecified atom stereocenters. The molecule has 0 heterocycles. The summed E-state index contributed by atoms with van der Waals surface area (Å²) in [7, 11) is 1.50. The third kappa shape index (κ3) is 3.29. The van der Waals surface area contributed by atoms with Crippen molar-refractivity contribution in [1.82, 2.24) is 4.90 Å². The van der Waals surface area contributed by atoms with E-state index in [9.17, 15) is 14.0 Å². The van der Waals surface area contributed by atoms with Crippen LogP contribution in [0.15, 0.2) is 18.2 Å². The average molecular weight is 253 g/mol. The number of carbonyl (C=O) groups excluding carboxylic acids is 1. The second-order valence-corrected chi connectivity index (χ2v) is 4.39. The molecule has 98 valence electrons. The number of carboxylic acids is 1. The van der Waals surface area contributed by atoms with E-state index in [0.717, 1.165) is 0 Å². The van der Waals surface area contributed by atoms with Crippen molar-refractivity contribution in [2.75, 3.05) is 13.6 Å². The first-order valence-corrected chi connectivity index (χ1v) is 5.57. The third-order valence-corrected chi connectivity index (χ3v) is 2.73. The van der Waals surface area contributed by atoms with E-state index in [1.165, 1.54) is 37.1 Å². The Balaban J connectivity index is 2.80. The van der Waals surface area contributed by atoms with Crippen LogP contribution in [0.5, 0.6) is 0 Å². The summed E-state index contributed by atoms with van der Waals surface area (Å²) in [5.41, 5.74) is 0.686. The summed E-state index contributed by atoms with van der Waals surface area (Å²) in [6.45, 7) is 3.21. The van der Waals surface area contributed by atoms with Crippen molar-refractivity contribution < 1.29 is 19.1 Å². The molecule has 0 fully saturated rings. The van der Waals surface area contributed by atoms with Gasteiger partial charge < -0.3 is 10.0 Å². The van der Waals surface area contributed by atoms with Gasteiger partial charge in [-0.3, -0.25) is 9.59 Å². The number of amides is 1. The fraction of sp³-hybridized carbons (Fsp3) is 0.385. The van der Waals surface area contributed by atoms with Gasteiger partial charge in [0.25, 0.3) is 5.91 Å². The summed E-state index contributed by atoms with van der Waals surface area (Å²) in [6.07, 6.45) is 0. The largest absolute Gasteiger partial charge is 0.481 e. The lowest BCUT2D eigenvalue weighted by atomic mass is 10.1. The lowest BCUT2D eigenvalue weighted by molar-refractivity contribution is -0.141. The monoisotopic (exact) mass is 253 g/mol. The molecule has 0 saturated carbocycles. The fourth-order valence-electron chi connectivity index (χ4n) is 1.52. The number of benzene rings is 1. The highest BCUT2D eigenvalue weighted by Crippen LogP contribution is 2.11. The van der Waals surface area contributed by atoms with Crippen molar-refractivity contribution in [3.8, 4) is 0 Å². The highest BCUT2D eigenvalue weighted by Gasteiger charge is 2.19. The van der Waals surface area contributed by atoms with E-state index in [2.05, 4.69) is 0 Å². The first-order chi connectivity index (χ1) is 8.32. The van der Waals surface area contributed by atoms with E-state index in [0.29, 0.717) is 5.56 Å². The maximum absolute atomic E-state index is 13.3. The minimum atomic E-state index is -0.968. The molecular weight excluding hydrogens is 237 g/mol. The van der Waals surface area contributed by atoms with Crippen LogP contribution in [0.2, 0.25) is 0 Å². The van der Waals surface area contributed by atoms with Crippen molar-refractivity contribution in [3.63, 3.8) is 0 Å². The van der Waals surface area contributed by atoms with Crippen LogP contribution in [-0.2, 0) is 4.79 Å². The molecule has 1 aromatic rings. The van der Waals surface area contributed by atoms with E-state index in [1.54, 1.807) is 6.92 Å². The van der Waals surface area contributed by atoms with Crippen LogP contribution in [0.1, 0.15) is 22.8 Å². The molecule has 1 atom stereocenters. The zero-order valence-electron chi connectivity index (χ0n) is 10.6. The molecule has 0 bridgehead atoms. The number of aryl methyl sites for hydroxylation is 1. The predicted octanol–water partition coefficient (Wildman–Crippen LogP) is 1.93. The molecule has 0 saturated heterocycles. The Hall–Kier alpha value is -1.91. The number of halogens is 1. The van der Waals surface area contributed by atoms with E-state index in [1.807, 2.05) is 0 Å². The van der Waals surface area contributed by atoms with Crippen LogP contribution in [0.25, 0.3) is 0 Å². The molecule has 1 rings (SSSR count). The molecule has 0 radical (unpaired) electrons. The number of carbonyl (C=O) groups is 2. The maximum Gasteiger partial charge on any atom is 0.308 e. The van der Waals surface area contributed by atoms with Gasteiger partial charge in [-0.15, -0.1) is 0 Å². The van der Waals surface area contributed by atoms with Crippen molar-refractivity contribution in [1.29, 1.82) is 0 Å². The van der Waals surface area contributed by atoms with Crippen molar-refractivity contribution in [2.24, 2.45) is 5.92 Å². The van der Waals surface area contributed by atoms with Crippen molar-refractivity contribution >= 4 is 11.9 Å². The molecule has 1 N–H and O–H groups in total. The second-order valence-electron chi connectivity index (χ2n) is 4.39. The van der Waals surface area contributed by atoms with Gasteiger partial charge in [0.15, 0.2) is 0 Å². The van der Waals surface area contributed by atoms with Gasteiger partial charge in [-0.05, 0) is 24.6 Å². The van der Waals surface area contributed by atoms with E-state index < -0.39 is 17.7 Å². The van der Waals surface area contributed by atoms with Gasteiger partial charge in [0, 0.05) is 19.2 Å². The molecule has 0 aromatic heterocycles. The standard InChI is InChI=1S/C13H16FNO3/c1-8-4-5-10(6-11(8)14)12(16)15(3)7-9(2)13(17)18/h4-6,9H,7H2,1-3H3,(H,17,18). The predicted molar refractivity (Wildman–Crippen MR) is 64.9 cm³/mol. The Bertz CT molecular complexity index is 473. The summed E-state index contributed by atoms with van der Waals surface area (Å²) in [6, 6.07) is 4.22. The highest BCUT2D eigenvalue weighted by atomic mass is 19.1. The molecular formula is C13H16FNO3. The second kappa shape index (κ2) is 5.62. The lowest BCUT2D eigenvalue weighted by Crippen LogP contribution is -2.33. The maximum atomic E-state index is 13.3. The number of nitrogens with zero attached hydrogens (tertiary/aromatic N) is 1. The minimum Gasteiger partial charge on any atom is -0.481 e. The quantitative estimate of drug-likeness (QED) is 0.892. The first kappa shape index (κ1) is 14.2. The normalized spacial score (nSPS) is 12.0. The molecule has 1 aromatic carbocycles. The zero-order valence-corrected chi connectivity index (χ0v) is 10.6.